The molecule has 0 unspecified atom stereocenters. The van der Waals surface area contributed by atoms with E-state index in [4.69, 9.17) is 5.11 Å². The summed E-state index contributed by atoms with van der Waals surface area (Å²) in [5.74, 6) is -0.918. The highest BCUT2D eigenvalue weighted by molar-refractivity contribution is 14.1. The molecule has 0 saturated heterocycles. The Bertz CT molecular complexity index is 508. The van der Waals surface area contributed by atoms with E-state index >= 15 is 0 Å². The molecule has 2 heterocycles. The van der Waals surface area contributed by atoms with E-state index in [9.17, 15) is 4.79 Å². The van der Waals surface area contributed by atoms with Crippen LogP contribution >= 0.6 is 22.6 Å². The predicted octanol–water partition coefficient (Wildman–Crippen LogP) is 2.23. The maximum absolute atomic E-state index is 11.0. The SMILES string of the molecule is O=C(O)c1cc(I)cn1Cc1ccccn1. The zero-order chi connectivity index (χ0) is 11.5. The summed E-state index contributed by atoms with van der Waals surface area (Å²) < 4.78 is 2.60. The molecule has 1 N–H and O–H groups in total. The van der Waals surface area contributed by atoms with Crippen molar-refractivity contribution >= 4 is 28.6 Å². The van der Waals surface area contributed by atoms with E-state index in [0.29, 0.717) is 6.54 Å². The van der Waals surface area contributed by atoms with E-state index in [1.54, 1.807) is 23.0 Å². The lowest BCUT2D eigenvalue weighted by Gasteiger charge is -2.04. The van der Waals surface area contributed by atoms with Gasteiger partial charge in [0.05, 0.1) is 12.2 Å². The van der Waals surface area contributed by atoms with Crippen molar-refractivity contribution in [2.45, 2.75) is 6.54 Å². The summed E-state index contributed by atoms with van der Waals surface area (Å²) in [6.45, 7) is 0.478. The van der Waals surface area contributed by atoms with Crippen LogP contribution in [0.25, 0.3) is 0 Å². The monoisotopic (exact) mass is 328 g/mol. The number of pyridine rings is 1. The van der Waals surface area contributed by atoms with Gasteiger partial charge in [0.15, 0.2) is 0 Å². The fourth-order valence-electron chi connectivity index (χ4n) is 1.45. The summed E-state index contributed by atoms with van der Waals surface area (Å²) in [5, 5.41) is 9.01. The maximum atomic E-state index is 11.0. The molecule has 2 aromatic rings. The molecular weight excluding hydrogens is 319 g/mol. The Morgan fingerprint density at radius 3 is 2.94 bits per heavy atom. The van der Waals surface area contributed by atoms with Gasteiger partial charge in [0.1, 0.15) is 5.69 Å². The first-order chi connectivity index (χ1) is 7.66. The average molecular weight is 328 g/mol. The number of carboxylic acids is 1. The molecule has 2 aromatic heterocycles. The zero-order valence-electron chi connectivity index (χ0n) is 8.30. The third-order valence-electron chi connectivity index (χ3n) is 2.14. The molecule has 16 heavy (non-hydrogen) atoms. The lowest BCUT2D eigenvalue weighted by atomic mass is 10.3. The summed E-state index contributed by atoms with van der Waals surface area (Å²) in [6.07, 6.45) is 3.50. The number of hydrogen-bond acceptors (Lipinski definition) is 2. The van der Waals surface area contributed by atoms with Crippen molar-refractivity contribution in [1.29, 1.82) is 0 Å². The number of hydrogen-bond donors (Lipinski definition) is 1. The van der Waals surface area contributed by atoms with Crippen LogP contribution in [-0.2, 0) is 6.54 Å². The number of rotatable bonds is 3. The molecule has 5 heteroatoms. The van der Waals surface area contributed by atoms with Gasteiger partial charge in [-0.2, -0.15) is 0 Å². The molecule has 0 fully saturated rings. The van der Waals surface area contributed by atoms with Crippen molar-refractivity contribution in [3.8, 4) is 0 Å². The van der Waals surface area contributed by atoms with Gasteiger partial charge in [-0.1, -0.05) is 6.07 Å². The summed E-state index contributed by atoms with van der Waals surface area (Å²) in [7, 11) is 0. The van der Waals surface area contributed by atoms with Crippen molar-refractivity contribution in [3.05, 3.63) is 51.6 Å². The quantitative estimate of drug-likeness (QED) is 0.879. The summed E-state index contributed by atoms with van der Waals surface area (Å²) >= 11 is 2.10. The topological polar surface area (TPSA) is 55.1 Å². The average Bonchev–Trinajstić information content (AvgIpc) is 2.61. The largest absolute Gasteiger partial charge is 0.477 e. The van der Waals surface area contributed by atoms with Gasteiger partial charge in [0.2, 0.25) is 0 Å². The van der Waals surface area contributed by atoms with Crippen LogP contribution < -0.4 is 0 Å². The van der Waals surface area contributed by atoms with Crippen LogP contribution in [0.15, 0.2) is 36.7 Å². The van der Waals surface area contributed by atoms with Crippen molar-refractivity contribution in [2.75, 3.05) is 0 Å². The molecule has 0 radical (unpaired) electrons. The minimum atomic E-state index is -0.918. The van der Waals surface area contributed by atoms with E-state index < -0.39 is 5.97 Å². The fourth-order valence-corrected chi connectivity index (χ4v) is 2.08. The van der Waals surface area contributed by atoms with Gasteiger partial charge >= 0.3 is 5.97 Å². The lowest BCUT2D eigenvalue weighted by Crippen LogP contribution is -2.09. The second-order valence-electron chi connectivity index (χ2n) is 3.30. The highest BCUT2D eigenvalue weighted by Gasteiger charge is 2.11. The Labute approximate surface area is 106 Å². The molecule has 0 aliphatic rings. The van der Waals surface area contributed by atoms with Gasteiger partial charge in [-0.05, 0) is 40.8 Å². The van der Waals surface area contributed by atoms with Crippen LogP contribution in [0.4, 0.5) is 0 Å². The highest BCUT2D eigenvalue weighted by Crippen LogP contribution is 2.12. The van der Waals surface area contributed by atoms with Crippen molar-refractivity contribution in [2.24, 2.45) is 0 Å². The molecule has 82 valence electrons. The molecule has 2 rings (SSSR count). The second kappa shape index (κ2) is 4.65. The molecular formula is C11H9IN2O2. The molecule has 0 spiro atoms. The van der Waals surface area contributed by atoms with Crippen LogP contribution in [0.2, 0.25) is 0 Å². The van der Waals surface area contributed by atoms with Crippen LogP contribution in [0.5, 0.6) is 0 Å². The molecule has 0 atom stereocenters. The molecule has 0 saturated carbocycles. The van der Waals surface area contributed by atoms with Crippen LogP contribution in [0, 0.1) is 3.57 Å². The normalized spacial score (nSPS) is 10.3. The minimum Gasteiger partial charge on any atom is -0.477 e. The maximum Gasteiger partial charge on any atom is 0.352 e. The molecule has 4 nitrogen and oxygen atoms in total. The van der Waals surface area contributed by atoms with E-state index in [-0.39, 0.29) is 5.69 Å². The van der Waals surface area contributed by atoms with Gasteiger partial charge in [0, 0.05) is 16.0 Å². The minimum absolute atomic E-state index is 0.287. The van der Waals surface area contributed by atoms with Crippen LogP contribution in [-0.4, -0.2) is 20.6 Å². The van der Waals surface area contributed by atoms with E-state index in [0.717, 1.165) is 9.26 Å². The molecule has 0 bridgehead atoms. The number of aromatic carboxylic acids is 1. The fraction of sp³-hybridized carbons (Fsp3) is 0.0909. The number of aromatic nitrogens is 2. The van der Waals surface area contributed by atoms with E-state index in [1.165, 1.54) is 0 Å². The number of nitrogens with zero attached hydrogens (tertiary/aromatic N) is 2. The van der Waals surface area contributed by atoms with Gasteiger partial charge in [-0.25, -0.2) is 4.79 Å². The Morgan fingerprint density at radius 1 is 1.50 bits per heavy atom. The Balaban J connectivity index is 2.31. The van der Waals surface area contributed by atoms with E-state index in [1.807, 2.05) is 18.2 Å². The van der Waals surface area contributed by atoms with Gasteiger partial charge in [-0.3, -0.25) is 4.98 Å². The number of halogens is 1. The Hall–Kier alpha value is -1.37. The predicted molar refractivity (Wildman–Crippen MR) is 67.4 cm³/mol. The first-order valence-electron chi connectivity index (χ1n) is 4.65. The standard InChI is InChI=1S/C11H9IN2O2/c12-8-5-10(11(15)16)14(6-8)7-9-3-1-2-4-13-9/h1-6H,7H2,(H,15,16). The van der Waals surface area contributed by atoms with Gasteiger partial charge in [-0.15, -0.1) is 0 Å². The third-order valence-corrected chi connectivity index (χ3v) is 2.73. The first kappa shape index (κ1) is 11.1. The molecule has 0 amide bonds. The van der Waals surface area contributed by atoms with Crippen LogP contribution in [0.1, 0.15) is 16.2 Å². The Kier molecular flexibility index (Phi) is 3.23. The van der Waals surface area contributed by atoms with Gasteiger partial charge in [0.25, 0.3) is 0 Å². The second-order valence-corrected chi connectivity index (χ2v) is 4.54. The lowest BCUT2D eigenvalue weighted by molar-refractivity contribution is 0.0685. The molecule has 0 aliphatic heterocycles. The summed E-state index contributed by atoms with van der Waals surface area (Å²) in [6, 6.07) is 7.24. The summed E-state index contributed by atoms with van der Waals surface area (Å²) in [5.41, 5.74) is 1.13. The summed E-state index contributed by atoms with van der Waals surface area (Å²) in [4.78, 5) is 15.1. The van der Waals surface area contributed by atoms with Crippen molar-refractivity contribution < 1.29 is 9.90 Å². The number of carbonyl (C=O) groups is 1. The van der Waals surface area contributed by atoms with Gasteiger partial charge < -0.3 is 9.67 Å². The third kappa shape index (κ3) is 2.41. The Morgan fingerprint density at radius 2 is 2.31 bits per heavy atom. The molecule has 0 aromatic carbocycles. The molecule has 0 aliphatic carbocycles. The van der Waals surface area contributed by atoms with E-state index in [2.05, 4.69) is 27.6 Å². The van der Waals surface area contributed by atoms with Crippen LogP contribution in [0.3, 0.4) is 0 Å². The smallest absolute Gasteiger partial charge is 0.352 e. The number of carboxylic acid groups (broad SMARTS) is 1. The zero-order valence-corrected chi connectivity index (χ0v) is 10.5. The van der Waals surface area contributed by atoms with Crippen molar-refractivity contribution in [3.63, 3.8) is 0 Å². The van der Waals surface area contributed by atoms with Crippen molar-refractivity contribution in [1.82, 2.24) is 9.55 Å². The highest BCUT2D eigenvalue weighted by atomic mass is 127. The first-order valence-corrected chi connectivity index (χ1v) is 5.73.